The van der Waals surface area contributed by atoms with Gasteiger partial charge in [0.15, 0.2) is 0 Å². The summed E-state index contributed by atoms with van der Waals surface area (Å²) in [6, 6.07) is 7.51. The van der Waals surface area contributed by atoms with Crippen LogP contribution in [0, 0.1) is 5.92 Å². The largest absolute Gasteiger partial charge is 0.445 e. The van der Waals surface area contributed by atoms with E-state index in [4.69, 9.17) is 10.5 Å². The highest BCUT2D eigenvalue weighted by Crippen LogP contribution is 2.25. The predicted octanol–water partition coefficient (Wildman–Crippen LogP) is -0.0130. The summed E-state index contributed by atoms with van der Waals surface area (Å²) in [6.07, 6.45) is 0.0133. The minimum atomic E-state index is -1.18. The van der Waals surface area contributed by atoms with Crippen molar-refractivity contribution < 1.29 is 29.0 Å². The molecule has 32 heavy (non-hydrogen) atoms. The van der Waals surface area contributed by atoms with Gasteiger partial charge in [0.1, 0.15) is 18.7 Å². The highest BCUT2D eigenvalue weighted by Gasteiger charge is 2.41. The summed E-state index contributed by atoms with van der Waals surface area (Å²) in [5.41, 5.74) is 6.08. The molecular weight excluding hydrogens is 416 g/mol. The van der Waals surface area contributed by atoms with E-state index in [9.17, 15) is 24.3 Å². The normalized spacial score (nSPS) is 22.3. The first-order valence-electron chi connectivity index (χ1n) is 10.8. The molecule has 1 aromatic rings. The Morgan fingerprint density at radius 3 is 2.56 bits per heavy atom. The zero-order valence-electron chi connectivity index (χ0n) is 18.1. The van der Waals surface area contributed by atoms with Gasteiger partial charge in [-0.1, -0.05) is 30.3 Å². The molecule has 4 atom stereocenters. The second-order valence-corrected chi connectivity index (χ2v) is 8.29. The third kappa shape index (κ3) is 5.56. The number of nitrogens with two attached hydrogens (primary N) is 1. The SMILES string of the molecule is C[C@@H](O)[C@H](NC(=O)[C@H]1CCN(C(=O)[C@@H]2CCCN2C(=O)OCc2ccccc2)C1)C(N)=O. The molecule has 10 nitrogen and oxygen atoms in total. The van der Waals surface area contributed by atoms with Crippen LogP contribution < -0.4 is 11.1 Å². The Morgan fingerprint density at radius 2 is 1.91 bits per heavy atom. The minimum Gasteiger partial charge on any atom is -0.445 e. The molecule has 174 valence electrons. The maximum atomic E-state index is 13.1. The lowest BCUT2D eigenvalue weighted by atomic mass is 10.1. The number of nitrogens with one attached hydrogen (secondary N) is 1. The van der Waals surface area contributed by atoms with Crippen LogP contribution in [0.2, 0.25) is 0 Å². The first kappa shape index (κ1) is 23.5. The van der Waals surface area contributed by atoms with Crippen LogP contribution in [-0.2, 0) is 25.7 Å². The van der Waals surface area contributed by atoms with Crippen LogP contribution >= 0.6 is 0 Å². The number of aliphatic hydroxyl groups excluding tert-OH is 1. The number of nitrogens with zero attached hydrogens (tertiary/aromatic N) is 2. The molecule has 0 aromatic heterocycles. The summed E-state index contributed by atoms with van der Waals surface area (Å²) in [7, 11) is 0. The Bertz CT molecular complexity index is 846. The first-order valence-corrected chi connectivity index (χ1v) is 10.8. The smallest absolute Gasteiger partial charge is 0.410 e. The van der Waals surface area contributed by atoms with E-state index in [-0.39, 0.29) is 19.1 Å². The number of hydrogen-bond acceptors (Lipinski definition) is 6. The van der Waals surface area contributed by atoms with E-state index >= 15 is 0 Å². The van der Waals surface area contributed by atoms with Crippen molar-refractivity contribution in [2.75, 3.05) is 19.6 Å². The summed E-state index contributed by atoms with van der Waals surface area (Å²) < 4.78 is 5.39. The van der Waals surface area contributed by atoms with E-state index in [1.165, 1.54) is 11.8 Å². The fourth-order valence-corrected chi connectivity index (χ4v) is 4.13. The second-order valence-electron chi connectivity index (χ2n) is 8.29. The van der Waals surface area contributed by atoms with Gasteiger partial charge >= 0.3 is 6.09 Å². The molecule has 2 fully saturated rings. The van der Waals surface area contributed by atoms with E-state index in [0.717, 1.165) is 5.56 Å². The van der Waals surface area contributed by atoms with Crippen molar-refractivity contribution in [2.45, 2.75) is 51.0 Å². The summed E-state index contributed by atoms with van der Waals surface area (Å²) in [5, 5.41) is 12.1. The van der Waals surface area contributed by atoms with Crippen molar-refractivity contribution in [3.05, 3.63) is 35.9 Å². The standard InChI is InChI=1S/C22H30N4O6/c1-14(27)18(19(23)28)24-20(29)16-9-11-25(12-16)21(30)17-8-5-10-26(17)22(31)32-13-15-6-3-2-4-7-15/h2-4,6-7,14,16-18,27H,5,8-13H2,1H3,(H2,23,28)(H,24,29)/t14-,16+,17+,18+/m1/s1. The Labute approximate surface area is 186 Å². The van der Waals surface area contributed by atoms with Gasteiger partial charge in [-0.3, -0.25) is 19.3 Å². The Hall–Kier alpha value is -3.14. The number of amides is 4. The topological polar surface area (TPSA) is 142 Å². The molecule has 0 bridgehead atoms. The van der Waals surface area contributed by atoms with Gasteiger partial charge in [0.05, 0.1) is 12.0 Å². The predicted molar refractivity (Wildman–Crippen MR) is 114 cm³/mol. The summed E-state index contributed by atoms with van der Waals surface area (Å²) in [6.45, 7) is 2.49. The maximum absolute atomic E-state index is 13.1. The van der Waals surface area contributed by atoms with Crippen LogP contribution in [0.4, 0.5) is 4.79 Å². The fourth-order valence-electron chi connectivity index (χ4n) is 4.13. The number of carbonyl (C=O) groups is 4. The van der Waals surface area contributed by atoms with Crippen LogP contribution in [-0.4, -0.2) is 76.5 Å². The van der Waals surface area contributed by atoms with Crippen molar-refractivity contribution in [3.63, 3.8) is 0 Å². The summed E-state index contributed by atoms with van der Waals surface area (Å²) in [4.78, 5) is 52.6. The van der Waals surface area contributed by atoms with Crippen molar-refractivity contribution in [3.8, 4) is 0 Å². The average Bonchev–Trinajstić information content (AvgIpc) is 3.45. The number of hydrogen-bond donors (Lipinski definition) is 3. The number of primary amides is 1. The van der Waals surface area contributed by atoms with E-state index in [1.54, 1.807) is 4.90 Å². The van der Waals surface area contributed by atoms with E-state index in [0.29, 0.717) is 32.4 Å². The lowest BCUT2D eigenvalue weighted by molar-refractivity contribution is -0.135. The van der Waals surface area contributed by atoms with E-state index in [2.05, 4.69) is 5.32 Å². The summed E-state index contributed by atoms with van der Waals surface area (Å²) >= 11 is 0. The number of likely N-dealkylation sites (tertiary alicyclic amines) is 2. The zero-order valence-corrected chi connectivity index (χ0v) is 18.1. The third-order valence-electron chi connectivity index (χ3n) is 5.93. The van der Waals surface area contributed by atoms with Crippen molar-refractivity contribution in [1.29, 1.82) is 0 Å². The molecule has 4 N–H and O–H groups in total. The number of aliphatic hydroxyl groups is 1. The molecule has 0 unspecified atom stereocenters. The van der Waals surface area contributed by atoms with Crippen molar-refractivity contribution >= 4 is 23.8 Å². The maximum Gasteiger partial charge on any atom is 0.410 e. The van der Waals surface area contributed by atoms with Gasteiger partial charge < -0.3 is 25.8 Å². The third-order valence-corrected chi connectivity index (χ3v) is 5.93. The molecule has 2 aliphatic heterocycles. The quantitative estimate of drug-likeness (QED) is 0.538. The van der Waals surface area contributed by atoms with Gasteiger partial charge in [0, 0.05) is 19.6 Å². The highest BCUT2D eigenvalue weighted by atomic mass is 16.6. The molecule has 2 saturated heterocycles. The zero-order chi connectivity index (χ0) is 23.3. The van der Waals surface area contributed by atoms with Gasteiger partial charge in [-0.25, -0.2) is 4.79 Å². The number of carbonyl (C=O) groups excluding carboxylic acids is 4. The molecule has 0 saturated carbocycles. The van der Waals surface area contributed by atoms with Gasteiger partial charge in [0.2, 0.25) is 17.7 Å². The molecule has 2 heterocycles. The summed E-state index contributed by atoms with van der Waals surface area (Å²) in [5.74, 6) is -1.98. The number of rotatable bonds is 7. The Kier molecular flexibility index (Phi) is 7.68. The fraction of sp³-hybridized carbons (Fsp3) is 0.545. The van der Waals surface area contributed by atoms with Crippen LogP contribution in [0.15, 0.2) is 30.3 Å². The lowest BCUT2D eigenvalue weighted by Crippen LogP contribution is -2.52. The number of ether oxygens (including phenoxy) is 1. The molecule has 2 aliphatic rings. The van der Waals surface area contributed by atoms with Crippen LogP contribution in [0.3, 0.4) is 0 Å². The first-order chi connectivity index (χ1) is 15.3. The average molecular weight is 447 g/mol. The minimum absolute atomic E-state index is 0.132. The molecule has 0 spiro atoms. The Balaban J connectivity index is 1.54. The van der Waals surface area contributed by atoms with Crippen molar-refractivity contribution in [1.82, 2.24) is 15.1 Å². The molecule has 0 aliphatic carbocycles. The number of benzene rings is 1. The van der Waals surface area contributed by atoms with Crippen molar-refractivity contribution in [2.24, 2.45) is 11.7 Å². The molecular formula is C22H30N4O6. The highest BCUT2D eigenvalue weighted by molar-refractivity contribution is 5.90. The lowest BCUT2D eigenvalue weighted by Gasteiger charge is -2.27. The van der Waals surface area contributed by atoms with Gasteiger partial charge in [-0.2, -0.15) is 0 Å². The molecule has 3 rings (SSSR count). The second kappa shape index (κ2) is 10.4. The van der Waals surface area contributed by atoms with Crippen LogP contribution in [0.25, 0.3) is 0 Å². The monoisotopic (exact) mass is 446 g/mol. The van der Waals surface area contributed by atoms with Crippen LogP contribution in [0.1, 0.15) is 31.7 Å². The van der Waals surface area contributed by atoms with Crippen LogP contribution in [0.5, 0.6) is 0 Å². The van der Waals surface area contributed by atoms with Gasteiger partial charge in [-0.15, -0.1) is 0 Å². The molecule has 1 aromatic carbocycles. The molecule has 0 radical (unpaired) electrons. The van der Waals surface area contributed by atoms with Gasteiger partial charge in [-0.05, 0) is 31.7 Å². The molecule has 4 amide bonds. The van der Waals surface area contributed by atoms with E-state index in [1.807, 2.05) is 30.3 Å². The molecule has 10 heteroatoms. The Morgan fingerprint density at radius 1 is 1.19 bits per heavy atom. The van der Waals surface area contributed by atoms with E-state index < -0.39 is 42.0 Å². The van der Waals surface area contributed by atoms with Gasteiger partial charge in [0.25, 0.3) is 0 Å².